The molecule has 1 N–H and O–H groups in total. The van der Waals surface area contributed by atoms with Crippen LogP contribution in [0.3, 0.4) is 0 Å². The molecule has 1 aromatic carbocycles. The predicted molar refractivity (Wildman–Crippen MR) is 87.8 cm³/mol. The summed E-state index contributed by atoms with van der Waals surface area (Å²) in [5, 5.41) is 4.50. The molecule has 0 saturated heterocycles. The topological polar surface area (TPSA) is 24.9 Å². The predicted octanol–water partition coefficient (Wildman–Crippen LogP) is 4.51. The zero-order chi connectivity index (χ0) is 14.7. The Hall–Kier alpha value is -1.38. The van der Waals surface area contributed by atoms with Gasteiger partial charge in [-0.25, -0.2) is 0 Å². The van der Waals surface area contributed by atoms with E-state index in [-0.39, 0.29) is 0 Å². The highest BCUT2D eigenvalue weighted by Gasteiger charge is 2.31. The van der Waals surface area contributed by atoms with Crippen LogP contribution >= 0.6 is 11.6 Å². The zero-order valence-electron chi connectivity index (χ0n) is 12.3. The fourth-order valence-corrected chi connectivity index (χ4v) is 3.46. The number of aryl methyl sites for hydroxylation is 1. The van der Waals surface area contributed by atoms with Crippen LogP contribution in [-0.4, -0.2) is 11.5 Å². The maximum absolute atomic E-state index is 6.19. The van der Waals surface area contributed by atoms with Crippen LogP contribution in [0.15, 0.2) is 42.6 Å². The van der Waals surface area contributed by atoms with Crippen LogP contribution in [0.25, 0.3) is 0 Å². The Morgan fingerprint density at radius 3 is 3.05 bits per heavy atom. The van der Waals surface area contributed by atoms with Crippen molar-refractivity contribution in [1.82, 2.24) is 10.3 Å². The first-order chi connectivity index (χ1) is 10.3. The van der Waals surface area contributed by atoms with Gasteiger partial charge in [0.25, 0.3) is 0 Å². The molecule has 0 saturated carbocycles. The number of aromatic nitrogens is 1. The van der Waals surface area contributed by atoms with E-state index >= 15 is 0 Å². The van der Waals surface area contributed by atoms with Crippen molar-refractivity contribution in [2.75, 3.05) is 6.54 Å². The third kappa shape index (κ3) is 3.12. The van der Waals surface area contributed by atoms with Crippen molar-refractivity contribution in [2.24, 2.45) is 0 Å². The molecule has 0 amide bonds. The van der Waals surface area contributed by atoms with Gasteiger partial charge in [-0.15, -0.1) is 0 Å². The van der Waals surface area contributed by atoms with E-state index in [1.165, 1.54) is 16.8 Å². The lowest BCUT2D eigenvalue weighted by atomic mass is 9.90. The summed E-state index contributed by atoms with van der Waals surface area (Å²) in [7, 11) is 0. The molecule has 2 unspecified atom stereocenters. The summed E-state index contributed by atoms with van der Waals surface area (Å²) >= 11 is 6.19. The van der Waals surface area contributed by atoms with Crippen molar-refractivity contribution in [1.29, 1.82) is 0 Å². The molecule has 2 atom stereocenters. The van der Waals surface area contributed by atoms with Crippen molar-refractivity contribution in [2.45, 2.75) is 38.1 Å². The van der Waals surface area contributed by atoms with Crippen LogP contribution in [0.2, 0.25) is 5.02 Å². The minimum Gasteiger partial charge on any atom is -0.309 e. The number of rotatable bonds is 5. The molecule has 1 aliphatic carbocycles. The first kappa shape index (κ1) is 14.6. The second-order valence-corrected chi connectivity index (χ2v) is 6.12. The Labute approximate surface area is 131 Å². The molecule has 21 heavy (non-hydrogen) atoms. The van der Waals surface area contributed by atoms with Gasteiger partial charge in [0.05, 0.1) is 0 Å². The van der Waals surface area contributed by atoms with Gasteiger partial charge in [0, 0.05) is 28.9 Å². The lowest BCUT2D eigenvalue weighted by Crippen LogP contribution is -2.27. The standard InChI is InChI=1S/C18H21ClN2/c1-2-10-20-18(14-5-3-7-15(19)12-14)16-9-8-13-6-4-11-21-17(13)16/h3-7,11-12,16,18,20H,2,8-10H2,1H3. The van der Waals surface area contributed by atoms with E-state index in [1.807, 2.05) is 24.4 Å². The Morgan fingerprint density at radius 2 is 2.24 bits per heavy atom. The largest absolute Gasteiger partial charge is 0.309 e. The fourth-order valence-electron chi connectivity index (χ4n) is 3.26. The van der Waals surface area contributed by atoms with Gasteiger partial charge in [0.2, 0.25) is 0 Å². The van der Waals surface area contributed by atoms with Crippen LogP contribution in [0.5, 0.6) is 0 Å². The van der Waals surface area contributed by atoms with Crippen LogP contribution in [0, 0.1) is 0 Å². The monoisotopic (exact) mass is 300 g/mol. The summed E-state index contributed by atoms with van der Waals surface area (Å²) in [5.74, 6) is 0.436. The number of hydrogen-bond donors (Lipinski definition) is 1. The second-order valence-electron chi connectivity index (χ2n) is 5.68. The fraction of sp³-hybridized carbons (Fsp3) is 0.389. The van der Waals surface area contributed by atoms with Gasteiger partial charge >= 0.3 is 0 Å². The van der Waals surface area contributed by atoms with Crippen molar-refractivity contribution < 1.29 is 0 Å². The smallest absolute Gasteiger partial charge is 0.0485 e. The van der Waals surface area contributed by atoms with Gasteiger partial charge in [0.15, 0.2) is 0 Å². The molecule has 1 aromatic heterocycles. The summed E-state index contributed by atoms with van der Waals surface area (Å²) in [6.45, 7) is 3.21. The third-order valence-electron chi connectivity index (χ3n) is 4.23. The number of hydrogen-bond acceptors (Lipinski definition) is 2. The molecule has 1 aliphatic rings. The molecule has 1 heterocycles. The van der Waals surface area contributed by atoms with Gasteiger partial charge in [-0.2, -0.15) is 0 Å². The average molecular weight is 301 g/mol. The van der Waals surface area contributed by atoms with E-state index < -0.39 is 0 Å². The van der Waals surface area contributed by atoms with Crippen molar-refractivity contribution in [3.05, 3.63) is 64.4 Å². The SMILES string of the molecule is CCCNC(c1cccc(Cl)c1)C1CCc2cccnc21. The van der Waals surface area contributed by atoms with Crippen LogP contribution in [-0.2, 0) is 6.42 Å². The van der Waals surface area contributed by atoms with Gasteiger partial charge in [-0.3, -0.25) is 4.98 Å². The van der Waals surface area contributed by atoms with Gasteiger partial charge in [0.1, 0.15) is 0 Å². The average Bonchev–Trinajstić information content (AvgIpc) is 2.92. The molecule has 0 aliphatic heterocycles. The maximum Gasteiger partial charge on any atom is 0.0485 e. The summed E-state index contributed by atoms with van der Waals surface area (Å²) in [5.41, 5.74) is 3.92. The highest BCUT2D eigenvalue weighted by Crippen LogP contribution is 2.40. The first-order valence-corrected chi connectivity index (χ1v) is 8.10. The number of pyridine rings is 1. The molecule has 2 nitrogen and oxygen atoms in total. The Kier molecular flexibility index (Phi) is 4.57. The quantitative estimate of drug-likeness (QED) is 0.879. The minimum atomic E-state index is 0.291. The van der Waals surface area contributed by atoms with Crippen molar-refractivity contribution in [3.8, 4) is 0 Å². The van der Waals surface area contributed by atoms with Gasteiger partial charge in [-0.05, 0) is 55.1 Å². The van der Waals surface area contributed by atoms with Crippen LogP contribution in [0.4, 0.5) is 0 Å². The lowest BCUT2D eigenvalue weighted by Gasteiger charge is -2.26. The Bertz CT molecular complexity index is 612. The third-order valence-corrected chi connectivity index (χ3v) is 4.46. The number of benzene rings is 1. The number of nitrogens with zero attached hydrogens (tertiary/aromatic N) is 1. The molecule has 3 heteroatoms. The highest BCUT2D eigenvalue weighted by molar-refractivity contribution is 6.30. The molecule has 0 bridgehead atoms. The van der Waals surface area contributed by atoms with E-state index in [9.17, 15) is 0 Å². The van der Waals surface area contributed by atoms with E-state index in [1.54, 1.807) is 0 Å². The zero-order valence-corrected chi connectivity index (χ0v) is 13.1. The molecule has 0 spiro atoms. The molecular formula is C18H21ClN2. The normalized spacial score (nSPS) is 18.5. The molecule has 2 aromatic rings. The first-order valence-electron chi connectivity index (χ1n) is 7.72. The Morgan fingerprint density at radius 1 is 1.33 bits per heavy atom. The summed E-state index contributed by atoms with van der Waals surface area (Å²) in [6, 6.07) is 12.7. The summed E-state index contributed by atoms with van der Waals surface area (Å²) in [4.78, 5) is 4.64. The number of fused-ring (bicyclic) bond motifs is 1. The summed E-state index contributed by atoms with van der Waals surface area (Å²) < 4.78 is 0. The van der Waals surface area contributed by atoms with E-state index in [2.05, 4.69) is 35.4 Å². The lowest BCUT2D eigenvalue weighted by molar-refractivity contribution is 0.437. The van der Waals surface area contributed by atoms with Gasteiger partial charge < -0.3 is 5.32 Å². The van der Waals surface area contributed by atoms with Crippen molar-refractivity contribution >= 4 is 11.6 Å². The van der Waals surface area contributed by atoms with Gasteiger partial charge in [-0.1, -0.05) is 36.7 Å². The molecule has 110 valence electrons. The molecule has 0 radical (unpaired) electrons. The number of nitrogens with one attached hydrogen (secondary N) is 1. The van der Waals surface area contributed by atoms with Crippen LogP contribution < -0.4 is 5.32 Å². The highest BCUT2D eigenvalue weighted by atomic mass is 35.5. The number of halogens is 1. The van der Waals surface area contributed by atoms with E-state index in [0.29, 0.717) is 12.0 Å². The van der Waals surface area contributed by atoms with Crippen LogP contribution in [0.1, 0.15) is 48.5 Å². The van der Waals surface area contributed by atoms with E-state index in [4.69, 9.17) is 11.6 Å². The Balaban J connectivity index is 1.93. The van der Waals surface area contributed by atoms with Crippen molar-refractivity contribution in [3.63, 3.8) is 0 Å². The molecular weight excluding hydrogens is 280 g/mol. The maximum atomic E-state index is 6.19. The molecule has 0 fully saturated rings. The summed E-state index contributed by atoms with van der Waals surface area (Å²) in [6.07, 6.45) is 5.31. The minimum absolute atomic E-state index is 0.291. The molecule has 3 rings (SSSR count). The second kappa shape index (κ2) is 6.59. The van der Waals surface area contributed by atoms with E-state index in [0.717, 1.165) is 30.8 Å².